The van der Waals surface area contributed by atoms with Crippen molar-refractivity contribution in [3.8, 4) is 5.75 Å². The van der Waals surface area contributed by atoms with Crippen LogP contribution >= 0.6 is 23.4 Å². The van der Waals surface area contributed by atoms with Crippen LogP contribution in [0.3, 0.4) is 0 Å². The van der Waals surface area contributed by atoms with E-state index in [0.717, 1.165) is 0 Å². The Balaban J connectivity index is 2.11. The standard InChI is InChI=1S/C11H12ClF2N5OS/c12-8-1-2-9(20-10(13)14)7(5-8)6-21-11-16-17-18-19(11)4-3-15/h1-2,5,10H,3-4,6,15H2. The second-order valence-corrected chi connectivity index (χ2v) is 5.27. The fraction of sp³-hybridized carbons (Fsp3) is 0.364. The van der Waals surface area contributed by atoms with Gasteiger partial charge in [0.1, 0.15) is 5.75 Å². The molecular formula is C11H12ClF2N5OS. The highest BCUT2D eigenvalue weighted by molar-refractivity contribution is 7.98. The van der Waals surface area contributed by atoms with E-state index in [1.807, 2.05) is 0 Å². The summed E-state index contributed by atoms with van der Waals surface area (Å²) in [7, 11) is 0. The summed E-state index contributed by atoms with van der Waals surface area (Å²) in [4.78, 5) is 0. The van der Waals surface area contributed by atoms with E-state index in [4.69, 9.17) is 17.3 Å². The minimum atomic E-state index is -2.89. The van der Waals surface area contributed by atoms with Crippen LogP contribution in [0.2, 0.25) is 5.02 Å². The first-order chi connectivity index (χ1) is 10.1. The van der Waals surface area contributed by atoms with Gasteiger partial charge in [0.05, 0.1) is 6.54 Å². The van der Waals surface area contributed by atoms with Gasteiger partial charge in [-0.25, -0.2) is 4.68 Å². The fourth-order valence-corrected chi connectivity index (χ4v) is 2.65. The van der Waals surface area contributed by atoms with Crippen molar-refractivity contribution in [1.29, 1.82) is 0 Å². The van der Waals surface area contributed by atoms with Gasteiger partial charge in [-0.15, -0.1) is 5.10 Å². The number of hydrogen-bond donors (Lipinski definition) is 1. The van der Waals surface area contributed by atoms with Gasteiger partial charge >= 0.3 is 6.61 Å². The second-order valence-electron chi connectivity index (χ2n) is 3.89. The van der Waals surface area contributed by atoms with Crippen molar-refractivity contribution in [1.82, 2.24) is 20.2 Å². The Morgan fingerprint density at radius 1 is 1.43 bits per heavy atom. The molecule has 0 spiro atoms. The highest BCUT2D eigenvalue weighted by atomic mass is 35.5. The number of ether oxygens (including phenoxy) is 1. The summed E-state index contributed by atoms with van der Waals surface area (Å²) < 4.78 is 30.7. The predicted octanol–water partition coefficient (Wildman–Crippen LogP) is 2.18. The molecule has 0 saturated heterocycles. The lowest BCUT2D eigenvalue weighted by Gasteiger charge is -2.10. The Morgan fingerprint density at radius 2 is 2.24 bits per heavy atom. The lowest BCUT2D eigenvalue weighted by atomic mass is 10.2. The van der Waals surface area contributed by atoms with Crippen LogP contribution in [0.4, 0.5) is 8.78 Å². The van der Waals surface area contributed by atoms with E-state index in [9.17, 15) is 8.78 Å². The summed E-state index contributed by atoms with van der Waals surface area (Å²) in [6.07, 6.45) is 0. The van der Waals surface area contributed by atoms with Crippen LogP contribution in [0.15, 0.2) is 23.4 Å². The van der Waals surface area contributed by atoms with Crippen LogP contribution in [-0.2, 0) is 12.3 Å². The Labute approximate surface area is 128 Å². The maximum Gasteiger partial charge on any atom is 0.387 e. The quantitative estimate of drug-likeness (QED) is 0.781. The van der Waals surface area contributed by atoms with Gasteiger partial charge in [-0.2, -0.15) is 8.78 Å². The number of benzene rings is 1. The largest absolute Gasteiger partial charge is 0.435 e. The Bertz CT molecular complexity index is 598. The van der Waals surface area contributed by atoms with Crippen molar-refractivity contribution in [3.63, 3.8) is 0 Å². The van der Waals surface area contributed by atoms with Crippen LogP contribution in [0, 0.1) is 0 Å². The normalized spacial score (nSPS) is 11.1. The number of nitrogens with zero attached hydrogens (tertiary/aromatic N) is 4. The zero-order valence-electron chi connectivity index (χ0n) is 10.7. The molecule has 21 heavy (non-hydrogen) atoms. The van der Waals surface area contributed by atoms with Gasteiger partial charge in [0.15, 0.2) is 0 Å². The van der Waals surface area contributed by atoms with Crippen molar-refractivity contribution in [2.45, 2.75) is 24.1 Å². The van der Waals surface area contributed by atoms with Crippen molar-refractivity contribution in [3.05, 3.63) is 28.8 Å². The third kappa shape index (κ3) is 4.51. The molecule has 0 aliphatic heterocycles. The molecule has 2 rings (SSSR count). The molecule has 0 aliphatic carbocycles. The molecule has 1 aromatic heterocycles. The average Bonchev–Trinajstić information content (AvgIpc) is 2.86. The molecule has 0 amide bonds. The van der Waals surface area contributed by atoms with E-state index in [1.165, 1.54) is 23.9 Å². The summed E-state index contributed by atoms with van der Waals surface area (Å²) in [5.74, 6) is 0.424. The minimum absolute atomic E-state index is 0.0831. The van der Waals surface area contributed by atoms with Crippen LogP contribution in [-0.4, -0.2) is 33.4 Å². The van der Waals surface area contributed by atoms with Crippen LogP contribution in [0.1, 0.15) is 5.56 Å². The van der Waals surface area contributed by atoms with E-state index >= 15 is 0 Å². The smallest absolute Gasteiger partial charge is 0.387 e. The average molecular weight is 336 g/mol. The summed E-state index contributed by atoms with van der Waals surface area (Å²) in [6.45, 7) is -2.02. The molecule has 1 heterocycles. The molecule has 0 unspecified atom stereocenters. The molecule has 0 aliphatic rings. The number of alkyl halides is 2. The summed E-state index contributed by atoms with van der Waals surface area (Å²) in [5, 5.41) is 12.2. The first-order valence-electron chi connectivity index (χ1n) is 5.92. The van der Waals surface area contributed by atoms with Gasteiger partial charge in [0.2, 0.25) is 5.16 Å². The molecule has 0 saturated carbocycles. The molecule has 2 aromatic rings. The molecule has 6 nitrogen and oxygen atoms in total. The van der Waals surface area contributed by atoms with E-state index in [0.29, 0.717) is 34.6 Å². The van der Waals surface area contributed by atoms with E-state index in [-0.39, 0.29) is 5.75 Å². The molecule has 0 bridgehead atoms. The van der Waals surface area contributed by atoms with E-state index in [2.05, 4.69) is 20.3 Å². The predicted molar refractivity (Wildman–Crippen MR) is 74.5 cm³/mol. The topological polar surface area (TPSA) is 78.9 Å². The molecule has 2 N–H and O–H groups in total. The van der Waals surface area contributed by atoms with Gasteiger partial charge in [-0.05, 0) is 28.6 Å². The van der Waals surface area contributed by atoms with Gasteiger partial charge < -0.3 is 10.5 Å². The number of thioether (sulfide) groups is 1. The first-order valence-corrected chi connectivity index (χ1v) is 7.28. The maximum absolute atomic E-state index is 12.4. The lowest BCUT2D eigenvalue weighted by Crippen LogP contribution is -2.12. The highest BCUT2D eigenvalue weighted by Gasteiger charge is 2.13. The second kappa shape index (κ2) is 7.53. The zero-order chi connectivity index (χ0) is 15.2. The fourth-order valence-electron chi connectivity index (χ4n) is 1.58. The molecule has 10 heteroatoms. The summed E-state index contributed by atoms with van der Waals surface area (Å²) in [5.41, 5.74) is 5.99. The molecule has 114 valence electrons. The Hall–Kier alpha value is -1.45. The number of hydrogen-bond acceptors (Lipinski definition) is 6. The van der Waals surface area contributed by atoms with Crippen molar-refractivity contribution >= 4 is 23.4 Å². The monoisotopic (exact) mass is 335 g/mol. The van der Waals surface area contributed by atoms with Crippen LogP contribution < -0.4 is 10.5 Å². The van der Waals surface area contributed by atoms with Gasteiger partial charge in [0.25, 0.3) is 0 Å². The number of halogens is 3. The molecule has 0 radical (unpaired) electrons. The third-order valence-electron chi connectivity index (χ3n) is 2.44. The van der Waals surface area contributed by atoms with E-state index in [1.54, 1.807) is 10.7 Å². The Morgan fingerprint density at radius 3 is 2.95 bits per heavy atom. The maximum atomic E-state index is 12.4. The number of rotatable bonds is 7. The minimum Gasteiger partial charge on any atom is -0.435 e. The van der Waals surface area contributed by atoms with Crippen LogP contribution in [0.5, 0.6) is 5.75 Å². The number of nitrogens with two attached hydrogens (primary N) is 1. The SMILES string of the molecule is NCCn1nnnc1SCc1cc(Cl)ccc1OC(F)F. The van der Waals surface area contributed by atoms with Crippen molar-refractivity contribution in [2.75, 3.05) is 6.54 Å². The van der Waals surface area contributed by atoms with Crippen LogP contribution in [0.25, 0.3) is 0 Å². The highest BCUT2D eigenvalue weighted by Crippen LogP contribution is 2.30. The summed E-state index contributed by atoms with van der Waals surface area (Å²) in [6, 6.07) is 4.47. The van der Waals surface area contributed by atoms with Crippen molar-refractivity contribution in [2.24, 2.45) is 5.73 Å². The molecule has 0 fully saturated rings. The third-order valence-corrected chi connectivity index (χ3v) is 3.68. The molecular weight excluding hydrogens is 324 g/mol. The van der Waals surface area contributed by atoms with Crippen molar-refractivity contribution < 1.29 is 13.5 Å². The van der Waals surface area contributed by atoms with Gasteiger partial charge in [0, 0.05) is 22.9 Å². The Kier molecular flexibility index (Phi) is 5.71. The van der Waals surface area contributed by atoms with Gasteiger partial charge in [-0.1, -0.05) is 23.4 Å². The summed E-state index contributed by atoms with van der Waals surface area (Å²) >= 11 is 7.17. The lowest BCUT2D eigenvalue weighted by molar-refractivity contribution is -0.0503. The zero-order valence-corrected chi connectivity index (χ0v) is 12.3. The molecule has 0 atom stereocenters. The molecule has 1 aromatic carbocycles. The van der Waals surface area contributed by atoms with E-state index < -0.39 is 6.61 Å². The number of tetrazole rings is 1. The van der Waals surface area contributed by atoms with Gasteiger partial charge in [-0.3, -0.25) is 0 Å². The number of aromatic nitrogens is 4. The first kappa shape index (κ1) is 15.9.